The van der Waals surface area contributed by atoms with Gasteiger partial charge in [0.1, 0.15) is 11.9 Å². The third-order valence-corrected chi connectivity index (χ3v) is 5.34. The Morgan fingerprint density at radius 3 is 2.19 bits per heavy atom. The number of sulfonamides is 1. The predicted octanol–water partition coefficient (Wildman–Crippen LogP) is 3.25. The van der Waals surface area contributed by atoms with Gasteiger partial charge in [-0.3, -0.25) is 9.10 Å². The number of benzene rings is 2. The standard InChI is InChI=1S/C19H23FN2O3S/c1-4-18(15-8-6-5-7-9-15)21-19(23)14(2)22(26(3,24)25)17-12-10-16(20)11-13-17/h5-14,18H,4H2,1-3H3,(H,21,23)/t14-,18-/m1/s1. The highest BCUT2D eigenvalue weighted by molar-refractivity contribution is 7.92. The smallest absolute Gasteiger partial charge is 0.244 e. The van der Waals surface area contributed by atoms with Crippen LogP contribution < -0.4 is 9.62 Å². The Balaban J connectivity index is 2.26. The SMILES string of the molecule is CC[C@@H](NC(=O)[C@@H](C)N(c1ccc(F)cc1)S(C)(=O)=O)c1ccccc1. The van der Waals surface area contributed by atoms with Gasteiger partial charge >= 0.3 is 0 Å². The van der Waals surface area contributed by atoms with E-state index in [0.717, 1.165) is 28.3 Å². The lowest BCUT2D eigenvalue weighted by Crippen LogP contribution is -2.48. The molecule has 0 saturated heterocycles. The Hall–Kier alpha value is -2.41. The molecule has 2 rings (SSSR count). The second-order valence-electron chi connectivity index (χ2n) is 6.09. The molecular formula is C19H23FN2O3S. The predicted molar refractivity (Wildman–Crippen MR) is 101 cm³/mol. The fourth-order valence-corrected chi connectivity index (χ4v) is 3.97. The van der Waals surface area contributed by atoms with Crippen LogP contribution in [0, 0.1) is 5.82 Å². The largest absolute Gasteiger partial charge is 0.347 e. The highest BCUT2D eigenvalue weighted by atomic mass is 32.2. The van der Waals surface area contributed by atoms with E-state index in [9.17, 15) is 17.6 Å². The zero-order valence-electron chi connectivity index (χ0n) is 15.0. The van der Waals surface area contributed by atoms with Gasteiger partial charge in [0.25, 0.3) is 0 Å². The topological polar surface area (TPSA) is 66.5 Å². The van der Waals surface area contributed by atoms with Gasteiger partial charge in [-0.05, 0) is 43.2 Å². The molecule has 0 aromatic heterocycles. The van der Waals surface area contributed by atoms with E-state index in [2.05, 4.69) is 5.32 Å². The molecule has 0 unspecified atom stereocenters. The summed E-state index contributed by atoms with van der Waals surface area (Å²) in [6.07, 6.45) is 1.69. The van der Waals surface area contributed by atoms with Gasteiger partial charge < -0.3 is 5.32 Å². The number of anilines is 1. The van der Waals surface area contributed by atoms with E-state index in [1.165, 1.54) is 19.1 Å². The molecular weight excluding hydrogens is 355 g/mol. The van der Waals surface area contributed by atoms with Crippen molar-refractivity contribution in [1.82, 2.24) is 5.32 Å². The summed E-state index contributed by atoms with van der Waals surface area (Å²) in [7, 11) is -3.73. The average Bonchev–Trinajstić information content (AvgIpc) is 2.60. The number of carbonyl (C=O) groups excluding carboxylic acids is 1. The third kappa shape index (κ3) is 4.82. The Labute approximate surface area is 153 Å². The van der Waals surface area contributed by atoms with Crippen molar-refractivity contribution < 1.29 is 17.6 Å². The summed E-state index contributed by atoms with van der Waals surface area (Å²) in [6, 6.07) is 13.3. The molecule has 0 heterocycles. The van der Waals surface area contributed by atoms with E-state index in [-0.39, 0.29) is 11.7 Å². The quantitative estimate of drug-likeness (QED) is 0.804. The summed E-state index contributed by atoms with van der Waals surface area (Å²) in [5.41, 5.74) is 1.19. The first-order chi connectivity index (χ1) is 12.2. The molecule has 7 heteroatoms. The van der Waals surface area contributed by atoms with Crippen molar-refractivity contribution in [3.63, 3.8) is 0 Å². The lowest BCUT2D eigenvalue weighted by molar-refractivity contribution is -0.122. The number of carbonyl (C=O) groups is 1. The molecule has 140 valence electrons. The summed E-state index contributed by atoms with van der Waals surface area (Å²) in [5, 5.41) is 2.90. The minimum absolute atomic E-state index is 0.222. The van der Waals surface area contributed by atoms with E-state index >= 15 is 0 Å². The molecule has 2 atom stereocenters. The van der Waals surface area contributed by atoms with Crippen LogP contribution in [0.3, 0.4) is 0 Å². The number of hydrogen-bond acceptors (Lipinski definition) is 3. The molecule has 0 bridgehead atoms. The molecule has 1 amide bonds. The maximum atomic E-state index is 13.2. The van der Waals surface area contributed by atoms with Gasteiger partial charge in [-0.1, -0.05) is 37.3 Å². The molecule has 5 nitrogen and oxygen atoms in total. The molecule has 26 heavy (non-hydrogen) atoms. The molecule has 0 spiro atoms. The van der Waals surface area contributed by atoms with E-state index < -0.39 is 27.8 Å². The lowest BCUT2D eigenvalue weighted by Gasteiger charge is -2.29. The number of nitrogens with zero attached hydrogens (tertiary/aromatic N) is 1. The fourth-order valence-electron chi connectivity index (χ4n) is 2.80. The van der Waals surface area contributed by atoms with Crippen molar-refractivity contribution >= 4 is 21.6 Å². The number of halogens is 1. The summed E-state index contributed by atoms with van der Waals surface area (Å²) < 4.78 is 38.6. The monoisotopic (exact) mass is 378 g/mol. The first-order valence-electron chi connectivity index (χ1n) is 8.34. The molecule has 0 radical (unpaired) electrons. The number of amides is 1. The first-order valence-corrected chi connectivity index (χ1v) is 10.2. The summed E-state index contributed by atoms with van der Waals surface area (Å²) >= 11 is 0. The minimum Gasteiger partial charge on any atom is -0.347 e. The first kappa shape index (κ1) is 19.9. The van der Waals surface area contributed by atoms with Gasteiger partial charge in [-0.2, -0.15) is 0 Å². The van der Waals surface area contributed by atoms with Gasteiger partial charge in [-0.25, -0.2) is 12.8 Å². The van der Waals surface area contributed by atoms with E-state index in [1.807, 2.05) is 37.3 Å². The molecule has 0 fully saturated rings. The maximum absolute atomic E-state index is 13.2. The van der Waals surface area contributed by atoms with Gasteiger partial charge in [0.05, 0.1) is 18.0 Å². The number of rotatable bonds is 7. The van der Waals surface area contributed by atoms with Crippen molar-refractivity contribution in [1.29, 1.82) is 0 Å². The summed E-state index contributed by atoms with van der Waals surface area (Å²) in [4.78, 5) is 12.7. The van der Waals surface area contributed by atoms with E-state index in [4.69, 9.17) is 0 Å². The van der Waals surface area contributed by atoms with Crippen LogP contribution in [-0.4, -0.2) is 26.6 Å². The number of hydrogen-bond donors (Lipinski definition) is 1. The van der Waals surface area contributed by atoms with Crippen LogP contribution in [0.15, 0.2) is 54.6 Å². The third-order valence-electron chi connectivity index (χ3n) is 4.10. The Morgan fingerprint density at radius 2 is 1.69 bits per heavy atom. The molecule has 0 saturated carbocycles. The van der Waals surface area contributed by atoms with E-state index in [1.54, 1.807) is 0 Å². The molecule has 1 N–H and O–H groups in total. The van der Waals surface area contributed by atoms with Crippen LogP contribution in [0.5, 0.6) is 0 Å². The highest BCUT2D eigenvalue weighted by Crippen LogP contribution is 2.22. The fraction of sp³-hybridized carbons (Fsp3) is 0.316. The molecule has 0 aliphatic rings. The summed E-state index contributed by atoms with van der Waals surface area (Å²) in [6.45, 7) is 3.45. The van der Waals surface area contributed by atoms with E-state index in [0.29, 0.717) is 6.42 Å². The van der Waals surface area contributed by atoms with Gasteiger partial charge in [0.2, 0.25) is 15.9 Å². The molecule has 0 aliphatic heterocycles. The van der Waals surface area contributed by atoms with Crippen LogP contribution in [0.25, 0.3) is 0 Å². The van der Waals surface area contributed by atoms with Crippen LogP contribution >= 0.6 is 0 Å². The van der Waals surface area contributed by atoms with Crippen molar-refractivity contribution in [2.24, 2.45) is 0 Å². The normalized spacial score (nSPS) is 13.7. The van der Waals surface area contributed by atoms with Crippen molar-refractivity contribution in [2.75, 3.05) is 10.6 Å². The Bertz CT molecular complexity index is 839. The zero-order valence-corrected chi connectivity index (χ0v) is 15.8. The molecule has 0 aliphatic carbocycles. The zero-order chi connectivity index (χ0) is 19.3. The van der Waals surface area contributed by atoms with Crippen molar-refractivity contribution in [2.45, 2.75) is 32.4 Å². The Kier molecular flexibility index (Phi) is 6.37. The number of nitrogens with one attached hydrogen (secondary N) is 1. The van der Waals surface area contributed by atoms with Gasteiger partial charge in [0, 0.05) is 0 Å². The van der Waals surface area contributed by atoms with Crippen LogP contribution in [0.2, 0.25) is 0 Å². The minimum atomic E-state index is -3.73. The van der Waals surface area contributed by atoms with Crippen LogP contribution in [0.1, 0.15) is 31.9 Å². The molecule has 2 aromatic carbocycles. The second-order valence-corrected chi connectivity index (χ2v) is 7.95. The second kappa shape index (κ2) is 8.31. The maximum Gasteiger partial charge on any atom is 0.244 e. The van der Waals surface area contributed by atoms with Crippen LogP contribution in [0.4, 0.5) is 10.1 Å². The highest BCUT2D eigenvalue weighted by Gasteiger charge is 2.30. The average molecular weight is 378 g/mol. The van der Waals surface area contributed by atoms with Gasteiger partial charge in [-0.15, -0.1) is 0 Å². The summed E-state index contributed by atoms with van der Waals surface area (Å²) in [5.74, 6) is -0.898. The lowest BCUT2D eigenvalue weighted by atomic mass is 10.0. The van der Waals surface area contributed by atoms with Crippen LogP contribution in [-0.2, 0) is 14.8 Å². The Morgan fingerprint density at radius 1 is 1.12 bits per heavy atom. The molecule has 2 aromatic rings. The van der Waals surface area contributed by atoms with Gasteiger partial charge in [0.15, 0.2) is 0 Å². The van der Waals surface area contributed by atoms with Crippen molar-refractivity contribution in [3.05, 3.63) is 66.0 Å². The van der Waals surface area contributed by atoms with Crippen molar-refractivity contribution in [3.8, 4) is 0 Å².